The fraction of sp³-hybridized carbons (Fsp3) is 0.318. The highest BCUT2D eigenvalue weighted by Crippen LogP contribution is 2.33. The van der Waals surface area contributed by atoms with Gasteiger partial charge in [0, 0.05) is 24.2 Å². The second-order valence-corrected chi connectivity index (χ2v) is 8.34. The van der Waals surface area contributed by atoms with Gasteiger partial charge in [0.05, 0.1) is 21.8 Å². The summed E-state index contributed by atoms with van der Waals surface area (Å²) < 4.78 is 1.24. The van der Waals surface area contributed by atoms with Gasteiger partial charge in [-0.3, -0.25) is 14.5 Å². The van der Waals surface area contributed by atoms with Gasteiger partial charge in [-0.15, -0.1) is 11.3 Å². The maximum Gasteiger partial charge on any atom is 0.251 e. The van der Waals surface area contributed by atoms with E-state index >= 15 is 0 Å². The number of likely N-dealkylation sites (tertiary alicyclic amines) is 1. The number of carbonyl (C=O) groups excluding carboxylic acids is 2. The monoisotopic (exact) mass is 408 g/mol. The van der Waals surface area contributed by atoms with Gasteiger partial charge >= 0.3 is 0 Å². The van der Waals surface area contributed by atoms with Crippen LogP contribution in [0.4, 0.5) is 5.69 Å². The highest BCUT2D eigenvalue weighted by atomic mass is 32.1. The Labute approximate surface area is 173 Å². The first kappa shape index (κ1) is 19.5. The van der Waals surface area contributed by atoms with Crippen molar-refractivity contribution in [3.63, 3.8) is 0 Å². The van der Waals surface area contributed by atoms with Crippen molar-refractivity contribution in [2.75, 3.05) is 32.0 Å². The molecular weight excluding hydrogens is 384 g/mol. The van der Waals surface area contributed by atoms with E-state index in [1.807, 2.05) is 6.07 Å². The van der Waals surface area contributed by atoms with Crippen LogP contribution in [0.2, 0.25) is 0 Å². The van der Waals surface area contributed by atoms with Gasteiger partial charge in [-0.1, -0.05) is 12.1 Å². The van der Waals surface area contributed by atoms with E-state index in [0.29, 0.717) is 23.7 Å². The Kier molecular flexibility index (Phi) is 5.87. The fourth-order valence-electron chi connectivity index (χ4n) is 3.66. The largest absolute Gasteiger partial charge is 0.355 e. The summed E-state index contributed by atoms with van der Waals surface area (Å²) in [7, 11) is 1.60. The summed E-state index contributed by atoms with van der Waals surface area (Å²) in [6.07, 6.45) is 2.04. The predicted octanol–water partition coefficient (Wildman–Crippen LogP) is 3.47. The van der Waals surface area contributed by atoms with Crippen LogP contribution >= 0.6 is 11.3 Å². The summed E-state index contributed by atoms with van der Waals surface area (Å²) in [5.74, 6) is 0.305. The molecule has 3 aromatic rings. The van der Waals surface area contributed by atoms with E-state index in [4.69, 9.17) is 4.98 Å². The molecule has 1 aliphatic heterocycles. The van der Waals surface area contributed by atoms with Crippen LogP contribution in [-0.2, 0) is 4.79 Å². The van der Waals surface area contributed by atoms with Gasteiger partial charge in [-0.2, -0.15) is 0 Å². The smallest absolute Gasteiger partial charge is 0.251 e. The number of amides is 2. The molecule has 1 fully saturated rings. The molecule has 4 rings (SSSR count). The topological polar surface area (TPSA) is 74.3 Å². The van der Waals surface area contributed by atoms with Gasteiger partial charge in [0.25, 0.3) is 5.91 Å². The van der Waals surface area contributed by atoms with E-state index in [1.165, 1.54) is 9.71 Å². The van der Waals surface area contributed by atoms with Crippen LogP contribution in [0.3, 0.4) is 0 Å². The van der Waals surface area contributed by atoms with E-state index in [2.05, 4.69) is 33.7 Å². The number of rotatable bonds is 5. The van der Waals surface area contributed by atoms with Gasteiger partial charge < -0.3 is 10.6 Å². The van der Waals surface area contributed by atoms with Crippen LogP contribution in [0.1, 0.15) is 34.1 Å². The molecular formula is C22H24N4O2S. The minimum absolute atomic E-state index is 0.0314. The summed E-state index contributed by atoms with van der Waals surface area (Å²) in [6.45, 7) is 2.16. The summed E-state index contributed by atoms with van der Waals surface area (Å²) in [6, 6.07) is 15.2. The Hall–Kier alpha value is -2.77. The zero-order valence-corrected chi connectivity index (χ0v) is 17.2. The molecule has 2 N–H and O–H groups in total. The van der Waals surface area contributed by atoms with Gasteiger partial charge in [0.2, 0.25) is 5.91 Å². The second kappa shape index (κ2) is 8.71. The molecule has 7 heteroatoms. The zero-order chi connectivity index (χ0) is 20.2. The third-order valence-electron chi connectivity index (χ3n) is 5.27. The normalized spacial score (nSPS) is 15.3. The quantitative estimate of drug-likeness (QED) is 0.678. The summed E-state index contributed by atoms with van der Waals surface area (Å²) >= 11 is 1.79. The van der Waals surface area contributed by atoms with Crippen molar-refractivity contribution in [1.29, 1.82) is 0 Å². The van der Waals surface area contributed by atoms with E-state index in [1.54, 1.807) is 42.6 Å². The van der Waals surface area contributed by atoms with Crippen molar-refractivity contribution in [2.45, 2.75) is 18.8 Å². The van der Waals surface area contributed by atoms with E-state index < -0.39 is 0 Å². The average Bonchev–Trinajstić information content (AvgIpc) is 3.18. The van der Waals surface area contributed by atoms with Gasteiger partial charge in [-0.05, 0) is 62.3 Å². The standard InChI is InChI=1S/C22H24N4O2S/c1-23-21(28)15-6-8-17(9-7-15)24-20(27)14-26-12-10-16(11-13-26)22-25-18-4-2-3-5-19(18)29-22/h2-9,16H,10-14H2,1H3,(H,23,28)(H,24,27). The average molecular weight is 409 g/mol. The molecule has 0 spiro atoms. The number of hydrogen-bond donors (Lipinski definition) is 2. The first-order chi connectivity index (χ1) is 14.1. The molecule has 6 nitrogen and oxygen atoms in total. The first-order valence-corrected chi connectivity index (χ1v) is 10.6. The van der Waals surface area contributed by atoms with E-state index in [0.717, 1.165) is 31.4 Å². The molecule has 1 aromatic heterocycles. The Bertz CT molecular complexity index is 974. The third kappa shape index (κ3) is 4.63. The molecule has 0 saturated carbocycles. The highest BCUT2D eigenvalue weighted by Gasteiger charge is 2.24. The molecule has 0 radical (unpaired) electrons. The lowest BCUT2D eigenvalue weighted by atomic mass is 9.97. The number of nitrogens with one attached hydrogen (secondary N) is 2. The van der Waals surface area contributed by atoms with Crippen molar-refractivity contribution >= 4 is 39.1 Å². The maximum atomic E-state index is 12.4. The van der Waals surface area contributed by atoms with Crippen molar-refractivity contribution in [3.05, 3.63) is 59.1 Å². The summed E-state index contributed by atoms with van der Waals surface area (Å²) in [4.78, 5) is 31.0. The Morgan fingerprint density at radius 3 is 2.52 bits per heavy atom. The number of thiazole rings is 1. The number of para-hydroxylation sites is 1. The molecule has 150 valence electrons. The Morgan fingerprint density at radius 2 is 1.83 bits per heavy atom. The molecule has 2 heterocycles. The summed E-state index contributed by atoms with van der Waals surface area (Å²) in [5.41, 5.74) is 2.35. The molecule has 0 aliphatic carbocycles. The molecule has 2 amide bonds. The van der Waals surface area contributed by atoms with Crippen LogP contribution in [-0.4, -0.2) is 48.4 Å². The van der Waals surface area contributed by atoms with E-state index in [-0.39, 0.29) is 11.8 Å². The lowest BCUT2D eigenvalue weighted by molar-refractivity contribution is -0.117. The number of carbonyl (C=O) groups is 2. The maximum absolute atomic E-state index is 12.4. The molecule has 2 aromatic carbocycles. The Morgan fingerprint density at radius 1 is 1.10 bits per heavy atom. The van der Waals surface area contributed by atoms with Crippen LogP contribution in [0.25, 0.3) is 10.2 Å². The fourth-order valence-corrected chi connectivity index (χ4v) is 4.79. The lowest BCUT2D eigenvalue weighted by Crippen LogP contribution is -2.38. The van der Waals surface area contributed by atoms with Crippen molar-refractivity contribution in [3.8, 4) is 0 Å². The molecule has 1 aliphatic rings. The first-order valence-electron chi connectivity index (χ1n) is 9.82. The lowest BCUT2D eigenvalue weighted by Gasteiger charge is -2.30. The van der Waals surface area contributed by atoms with Crippen LogP contribution in [0, 0.1) is 0 Å². The van der Waals surface area contributed by atoms with Gasteiger partial charge in [-0.25, -0.2) is 4.98 Å². The molecule has 29 heavy (non-hydrogen) atoms. The number of fused-ring (bicyclic) bond motifs is 1. The second-order valence-electron chi connectivity index (χ2n) is 7.27. The van der Waals surface area contributed by atoms with Crippen LogP contribution in [0.15, 0.2) is 48.5 Å². The number of hydrogen-bond acceptors (Lipinski definition) is 5. The number of anilines is 1. The van der Waals surface area contributed by atoms with Crippen molar-refractivity contribution in [2.24, 2.45) is 0 Å². The minimum Gasteiger partial charge on any atom is -0.355 e. The van der Waals surface area contributed by atoms with Crippen molar-refractivity contribution < 1.29 is 9.59 Å². The molecule has 1 saturated heterocycles. The molecule has 0 unspecified atom stereocenters. The van der Waals surface area contributed by atoms with Gasteiger partial charge in [0.15, 0.2) is 0 Å². The number of benzene rings is 2. The third-order valence-corrected chi connectivity index (χ3v) is 6.47. The Balaban J connectivity index is 1.28. The predicted molar refractivity (Wildman–Crippen MR) is 116 cm³/mol. The van der Waals surface area contributed by atoms with Crippen LogP contribution in [0.5, 0.6) is 0 Å². The van der Waals surface area contributed by atoms with Gasteiger partial charge in [0.1, 0.15) is 0 Å². The van der Waals surface area contributed by atoms with Crippen LogP contribution < -0.4 is 10.6 Å². The molecule has 0 bridgehead atoms. The number of aromatic nitrogens is 1. The highest BCUT2D eigenvalue weighted by molar-refractivity contribution is 7.18. The SMILES string of the molecule is CNC(=O)c1ccc(NC(=O)CN2CCC(c3nc4ccccc4s3)CC2)cc1. The van der Waals surface area contributed by atoms with Crippen molar-refractivity contribution in [1.82, 2.24) is 15.2 Å². The number of nitrogens with zero attached hydrogens (tertiary/aromatic N) is 2. The molecule has 0 atom stereocenters. The van der Waals surface area contributed by atoms with E-state index in [9.17, 15) is 9.59 Å². The zero-order valence-electron chi connectivity index (χ0n) is 16.4. The number of piperidine rings is 1. The minimum atomic E-state index is -0.140. The summed E-state index contributed by atoms with van der Waals surface area (Å²) in [5, 5.41) is 6.71.